The maximum absolute atomic E-state index is 4.81. The number of rotatable bonds is 6. The second-order valence-corrected chi connectivity index (χ2v) is 10.0. The molecule has 0 amide bonds. The molecule has 0 atom stereocenters. The molecule has 7 rings (SSSR count). The highest BCUT2D eigenvalue weighted by Gasteiger charge is 2.16. The zero-order valence-electron chi connectivity index (χ0n) is 21.9. The smallest absolute Gasteiger partial charge is 0.157 e. The van der Waals surface area contributed by atoms with Gasteiger partial charge in [0.05, 0.1) is 17.4 Å². The first-order chi connectivity index (χ1) is 19.1. The number of imidazole rings is 1. The van der Waals surface area contributed by atoms with Gasteiger partial charge in [-0.1, -0.05) is 0 Å². The number of benzene rings is 2. The topological polar surface area (TPSA) is 94.6 Å². The van der Waals surface area contributed by atoms with Crippen LogP contribution >= 0.6 is 0 Å². The van der Waals surface area contributed by atoms with Crippen molar-refractivity contribution in [3.8, 4) is 11.4 Å². The van der Waals surface area contributed by atoms with Gasteiger partial charge in [0.2, 0.25) is 0 Å². The first-order valence-electron chi connectivity index (χ1n) is 13.2. The first kappa shape index (κ1) is 23.2. The van der Waals surface area contributed by atoms with Crippen molar-refractivity contribution in [2.24, 2.45) is 0 Å². The maximum atomic E-state index is 4.81. The van der Waals surface area contributed by atoms with Crippen LogP contribution in [0.15, 0.2) is 79.1 Å². The number of anilines is 5. The van der Waals surface area contributed by atoms with E-state index in [1.54, 1.807) is 6.20 Å². The molecule has 4 aromatic heterocycles. The van der Waals surface area contributed by atoms with E-state index in [2.05, 4.69) is 79.0 Å². The van der Waals surface area contributed by atoms with Crippen molar-refractivity contribution in [1.29, 1.82) is 0 Å². The average molecular weight is 513 g/mol. The number of aryl methyl sites for hydroxylation is 2. The number of aromatic nitrogens is 5. The van der Waals surface area contributed by atoms with E-state index in [-0.39, 0.29) is 0 Å². The second kappa shape index (κ2) is 9.40. The summed E-state index contributed by atoms with van der Waals surface area (Å²) >= 11 is 0. The summed E-state index contributed by atoms with van der Waals surface area (Å²) in [4.78, 5) is 24.1. The Bertz CT molecular complexity index is 1820. The van der Waals surface area contributed by atoms with Crippen molar-refractivity contribution >= 4 is 50.5 Å². The molecule has 1 saturated heterocycles. The van der Waals surface area contributed by atoms with Crippen LogP contribution in [0.1, 0.15) is 17.8 Å². The van der Waals surface area contributed by atoms with E-state index in [0.717, 1.165) is 80.7 Å². The van der Waals surface area contributed by atoms with Gasteiger partial charge in [-0.25, -0.2) is 9.97 Å². The molecular formula is C31H28N8. The number of hydrogen-bond donors (Lipinski definition) is 3. The SMILES string of the molecule is Cc1cc(Nc2cnc3[nH]c(-c4ccc(Nc5cc(C)nc6ccc(N7CCC7)cc56)cc4)nc3c2)ccn1. The molecule has 0 radical (unpaired) electrons. The van der Waals surface area contributed by atoms with Crippen molar-refractivity contribution in [3.05, 3.63) is 90.5 Å². The number of hydrogen-bond acceptors (Lipinski definition) is 7. The van der Waals surface area contributed by atoms with Gasteiger partial charge in [0.15, 0.2) is 5.65 Å². The molecule has 0 spiro atoms. The first-order valence-corrected chi connectivity index (χ1v) is 13.2. The zero-order valence-corrected chi connectivity index (χ0v) is 21.9. The fraction of sp³-hybridized carbons (Fsp3) is 0.161. The van der Waals surface area contributed by atoms with E-state index < -0.39 is 0 Å². The van der Waals surface area contributed by atoms with Gasteiger partial charge in [-0.3, -0.25) is 9.97 Å². The average Bonchev–Trinajstić information content (AvgIpc) is 3.32. The van der Waals surface area contributed by atoms with Gasteiger partial charge < -0.3 is 20.5 Å². The van der Waals surface area contributed by atoms with Crippen LogP contribution in [-0.2, 0) is 0 Å². The van der Waals surface area contributed by atoms with Gasteiger partial charge >= 0.3 is 0 Å². The lowest BCUT2D eigenvalue weighted by Crippen LogP contribution is -2.36. The molecule has 2 aromatic carbocycles. The third-order valence-electron chi connectivity index (χ3n) is 7.10. The molecule has 0 unspecified atom stereocenters. The Morgan fingerprint density at radius 3 is 2.41 bits per heavy atom. The Morgan fingerprint density at radius 2 is 1.62 bits per heavy atom. The van der Waals surface area contributed by atoms with Crippen molar-refractivity contribution in [2.75, 3.05) is 28.6 Å². The van der Waals surface area contributed by atoms with Crippen LogP contribution in [0, 0.1) is 13.8 Å². The molecule has 5 heterocycles. The van der Waals surface area contributed by atoms with Gasteiger partial charge in [-0.2, -0.15) is 0 Å². The number of fused-ring (bicyclic) bond motifs is 2. The van der Waals surface area contributed by atoms with Crippen LogP contribution in [-0.4, -0.2) is 38.0 Å². The van der Waals surface area contributed by atoms with E-state index in [9.17, 15) is 0 Å². The number of aromatic amines is 1. The van der Waals surface area contributed by atoms with Crippen molar-refractivity contribution < 1.29 is 0 Å². The Kier molecular flexibility index (Phi) is 5.58. The quantitative estimate of drug-likeness (QED) is 0.224. The molecule has 39 heavy (non-hydrogen) atoms. The van der Waals surface area contributed by atoms with E-state index in [1.165, 1.54) is 12.1 Å². The number of nitrogens with one attached hydrogen (secondary N) is 3. The summed E-state index contributed by atoms with van der Waals surface area (Å²) in [5.74, 6) is 0.783. The summed E-state index contributed by atoms with van der Waals surface area (Å²) in [5.41, 5.74) is 10.7. The highest BCUT2D eigenvalue weighted by Crippen LogP contribution is 2.32. The van der Waals surface area contributed by atoms with Crippen LogP contribution in [0.2, 0.25) is 0 Å². The number of H-pyrrole nitrogens is 1. The third-order valence-corrected chi connectivity index (χ3v) is 7.10. The van der Waals surface area contributed by atoms with Crippen LogP contribution in [0.3, 0.4) is 0 Å². The summed E-state index contributed by atoms with van der Waals surface area (Å²) in [7, 11) is 0. The lowest BCUT2D eigenvalue weighted by Gasteiger charge is -2.33. The molecular weight excluding hydrogens is 484 g/mol. The minimum Gasteiger partial charge on any atom is -0.371 e. The molecule has 0 aliphatic carbocycles. The summed E-state index contributed by atoms with van der Waals surface area (Å²) in [6.07, 6.45) is 4.85. The van der Waals surface area contributed by atoms with Crippen molar-refractivity contribution in [1.82, 2.24) is 24.9 Å². The Labute approximate surface area is 226 Å². The lowest BCUT2D eigenvalue weighted by atomic mass is 10.1. The normalized spacial score (nSPS) is 13.0. The van der Waals surface area contributed by atoms with Gasteiger partial charge in [-0.15, -0.1) is 0 Å². The Hall–Kier alpha value is -4.98. The zero-order chi connectivity index (χ0) is 26.3. The van der Waals surface area contributed by atoms with E-state index in [0.29, 0.717) is 0 Å². The van der Waals surface area contributed by atoms with Crippen molar-refractivity contribution in [2.45, 2.75) is 20.3 Å². The third kappa shape index (κ3) is 4.61. The van der Waals surface area contributed by atoms with Crippen LogP contribution < -0.4 is 15.5 Å². The molecule has 1 fully saturated rings. The summed E-state index contributed by atoms with van der Waals surface area (Å²) in [6, 6.07) is 22.9. The lowest BCUT2D eigenvalue weighted by molar-refractivity contribution is 0.618. The highest BCUT2D eigenvalue weighted by atomic mass is 15.2. The molecule has 8 nitrogen and oxygen atoms in total. The van der Waals surface area contributed by atoms with Crippen molar-refractivity contribution in [3.63, 3.8) is 0 Å². The maximum Gasteiger partial charge on any atom is 0.157 e. The number of pyridine rings is 3. The number of nitrogens with zero attached hydrogens (tertiary/aromatic N) is 5. The van der Waals surface area contributed by atoms with Crippen LogP contribution in [0.5, 0.6) is 0 Å². The minimum atomic E-state index is 0.750. The molecule has 6 aromatic rings. The fourth-order valence-corrected chi connectivity index (χ4v) is 4.98. The molecule has 1 aliphatic rings. The van der Waals surface area contributed by atoms with Gasteiger partial charge in [-0.05, 0) is 87.0 Å². The van der Waals surface area contributed by atoms with Gasteiger partial charge in [0, 0.05) is 64.4 Å². The van der Waals surface area contributed by atoms with Gasteiger partial charge in [0.25, 0.3) is 0 Å². The Balaban J connectivity index is 1.13. The monoisotopic (exact) mass is 512 g/mol. The molecule has 0 bridgehead atoms. The highest BCUT2D eigenvalue weighted by molar-refractivity contribution is 5.95. The van der Waals surface area contributed by atoms with Crippen LogP contribution in [0.4, 0.5) is 28.4 Å². The molecule has 192 valence electrons. The van der Waals surface area contributed by atoms with E-state index in [4.69, 9.17) is 9.97 Å². The summed E-state index contributed by atoms with van der Waals surface area (Å²) in [6.45, 7) is 6.24. The molecule has 0 saturated carbocycles. The fourth-order valence-electron chi connectivity index (χ4n) is 4.98. The molecule has 1 aliphatic heterocycles. The largest absolute Gasteiger partial charge is 0.371 e. The second-order valence-electron chi connectivity index (χ2n) is 10.0. The standard InChI is InChI=1S/C31H28N8/c1-19-14-23(10-11-32-19)35-24-16-29-31(33-18-24)38-30(37-29)21-4-6-22(7-5-21)36-28-15-20(2)34-27-9-8-25(17-26(27)28)39-12-3-13-39/h4-11,14-18H,3,12-13H2,1-2H3,(H,32,35)(H,34,36)(H,33,37,38). The van der Waals surface area contributed by atoms with E-state index in [1.807, 2.05) is 38.2 Å². The molecule has 8 heteroatoms. The summed E-state index contributed by atoms with van der Waals surface area (Å²) < 4.78 is 0. The predicted octanol–water partition coefficient (Wildman–Crippen LogP) is 6.88. The van der Waals surface area contributed by atoms with Gasteiger partial charge in [0.1, 0.15) is 11.3 Å². The van der Waals surface area contributed by atoms with Crippen LogP contribution in [0.25, 0.3) is 33.5 Å². The predicted molar refractivity (Wildman–Crippen MR) is 158 cm³/mol. The minimum absolute atomic E-state index is 0.750. The Morgan fingerprint density at radius 1 is 0.744 bits per heavy atom. The van der Waals surface area contributed by atoms with E-state index >= 15 is 0 Å². The molecule has 3 N–H and O–H groups in total. The summed E-state index contributed by atoms with van der Waals surface area (Å²) in [5, 5.41) is 8.12.